The lowest BCUT2D eigenvalue weighted by atomic mass is 10.1. The van der Waals surface area contributed by atoms with E-state index in [4.69, 9.17) is 23.2 Å². The maximum Gasteiger partial charge on any atom is 0.255 e. The van der Waals surface area contributed by atoms with Gasteiger partial charge in [0.1, 0.15) is 0 Å². The number of carbonyl (C=O) groups excluding carboxylic acids is 1. The Labute approximate surface area is 148 Å². The molecule has 0 aromatic heterocycles. The van der Waals surface area contributed by atoms with E-state index < -0.39 is 0 Å². The normalized spacial score (nSPS) is 10.5. The smallest absolute Gasteiger partial charge is 0.255 e. The van der Waals surface area contributed by atoms with Gasteiger partial charge in [0.15, 0.2) is 0 Å². The maximum absolute atomic E-state index is 12.6. The van der Waals surface area contributed by atoms with Crippen LogP contribution in [0.4, 0.5) is 0 Å². The molecule has 0 radical (unpaired) electrons. The van der Waals surface area contributed by atoms with Crippen LogP contribution in [0.5, 0.6) is 0 Å². The Bertz CT molecular complexity index is 688. The molecular formula is C16H14Cl2INO. The number of hydrogen-bond acceptors (Lipinski definition) is 1. The standard InChI is InChI=1S/C16H14Cl2INO/c1-10-5-3-4-6-11(10)9-20(2)16(21)13-7-12(17)8-14(18)15(13)19/h3-8H,9H2,1-2H3. The minimum atomic E-state index is -0.0907. The lowest BCUT2D eigenvalue weighted by Crippen LogP contribution is -2.27. The highest BCUT2D eigenvalue weighted by Crippen LogP contribution is 2.28. The average molecular weight is 434 g/mol. The number of rotatable bonds is 3. The van der Waals surface area contributed by atoms with E-state index in [1.165, 1.54) is 0 Å². The van der Waals surface area contributed by atoms with Gasteiger partial charge in [-0.1, -0.05) is 47.5 Å². The highest BCUT2D eigenvalue weighted by atomic mass is 127. The second-order valence-electron chi connectivity index (χ2n) is 4.84. The second kappa shape index (κ2) is 6.99. The molecule has 0 bridgehead atoms. The van der Waals surface area contributed by atoms with Crippen LogP contribution < -0.4 is 0 Å². The quantitative estimate of drug-likeness (QED) is 0.482. The van der Waals surface area contributed by atoms with E-state index in [0.29, 0.717) is 22.2 Å². The molecular weight excluding hydrogens is 420 g/mol. The fraction of sp³-hybridized carbons (Fsp3) is 0.188. The van der Waals surface area contributed by atoms with Crippen molar-refractivity contribution in [3.63, 3.8) is 0 Å². The predicted molar refractivity (Wildman–Crippen MR) is 96.2 cm³/mol. The summed E-state index contributed by atoms with van der Waals surface area (Å²) in [4.78, 5) is 14.3. The molecule has 0 aliphatic rings. The molecule has 0 aliphatic heterocycles. The summed E-state index contributed by atoms with van der Waals surface area (Å²) >= 11 is 14.2. The van der Waals surface area contributed by atoms with E-state index >= 15 is 0 Å². The van der Waals surface area contributed by atoms with Gasteiger partial charge in [0, 0.05) is 22.2 Å². The molecule has 1 amide bonds. The van der Waals surface area contributed by atoms with E-state index in [1.54, 1.807) is 24.1 Å². The van der Waals surface area contributed by atoms with Crippen LogP contribution >= 0.6 is 45.8 Å². The second-order valence-corrected chi connectivity index (χ2v) is 6.76. The molecule has 0 fully saturated rings. The van der Waals surface area contributed by atoms with Gasteiger partial charge in [-0.25, -0.2) is 0 Å². The first-order valence-electron chi connectivity index (χ1n) is 6.34. The average Bonchev–Trinajstić information content (AvgIpc) is 2.44. The van der Waals surface area contributed by atoms with Crippen molar-refractivity contribution in [1.29, 1.82) is 0 Å². The molecule has 2 aromatic carbocycles. The zero-order valence-electron chi connectivity index (χ0n) is 11.7. The van der Waals surface area contributed by atoms with Gasteiger partial charge in [0.2, 0.25) is 0 Å². The molecule has 110 valence electrons. The van der Waals surface area contributed by atoms with Crippen molar-refractivity contribution in [3.8, 4) is 0 Å². The van der Waals surface area contributed by atoms with E-state index in [2.05, 4.69) is 22.6 Å². The van der Waals surface area contributed by atoms with Crippen molar-refractivity contribution in [2.75, 3.05) is 7.05 Å². The molecule has 5 heteroatoms. The number of aryl methyl sites for hydroxylation is 1. The van der Waals surface area contributed by atoms with Crippen molar-refractivity contribution in [2.24, 2.45) is 0 Å². The van der Waals surface area contributed by atoms with Gasteiger partial charge in [-0.3, -0.25) is 4.79 Å². The largest absolute Gasteiger partial charge is 0.337 e. The zero-order valence-corrected chi connectivity index (χ0v) is 15.3. The van der Waals surface area contributed by atoms with Crippen molar-refractivity contribution in [2.45, 2.75) is 13.5 Å². The van der Waals surface area contributed by atoms with Gasteiger partial charge in [-0.05, 0) is 52.8 Å². The number of amides is 1. The minimum Gasteiger partial charge on any atom is -0.337 e. The van der Waals surface area contributed by atoms with E-state index in [0.717, 1.165) is 14.7 Å². The molecule has 21 heavy (non-hydrogen) atoms. The Morgan fingerprint density at radius 3 is 2.57 bits per heavy atom. The molecule has 0 aliphatic carbocycles. The molecule has 0 saturated carbocycles. The number of hydrogen-bond donors (Lipinski definition) is 0. The first kappa shape index (κ1) is 16.6. The zero-order chi connectivity index (χ0) is 15.6. The molecule has 0 N–H and O–H groups in total. The molecule has 2 aromatic rings. The predicted octanol–water partition coefficient (Wildman–Crippen LogP) is 5.18. The summed E-state index contributed by atoms with van der Waals surface area (Å²) in [6, 6.07) is 11.3. The molecule has 0 unspecified atom stereocenters. The highest BCUT2D eigenvalue weighted by molar-refractivity contribution is 14.1. The molecule has 0 saturated heterocycles. The fourth-order valence-corrected chi connectivity index (χ4v) is 3.07. The van der Waals surface area contributed by atoms with E-state index in [1.807, 2.05) is 31.2 Å². The summed E-state index contributed by atoms with van der Waals surface area (Å²) < 4.78 is 0.723. The third-order valence-corrected chi connectivity index (χ3v) is 5.24. The SMILES string of the molecule is Cc1ccccc1CN(C)C(=O)c1cc(Cl)cc(Cl)c1I. The summed E-state index contributed by atoms with van der Waals surface area (Å²) in [5, 5.41) is 0.962. The molecule has 0 spiro atoms. The van der Waals surface area contributed by atoms with Gasteiger partial charge < -0.3 is 4.90 Å². The summed E-state index contributed by atoms with van der Waals surface area (Å²) in [5.74, 6) is -0.0907. The van der Waals surface area contributed by atoms with Gasteiger partial charge in [0.05, 0.1) is 10.6 Å². The van der Waals surface area contributed by atoms with Crippen LogP contribution in [-0.2, 0) is 6.54 Å². The Morgan fingerprint density at radius 2 is 1.90 bits per heavy atom. The van der Waals surface area contributed by atoms with Crippen molar-refractivity contribution in [1.82, 2.24) is 4.90 Å². The summed E-state index contributed by atoms with van der Waals surface area (Å²) in [6.45, 7) is 2.58. The number of carbonyl (C=O) groups is 1. The van der Waals surface area contributed by atoms with Crippen molar-refractivity contribution >= 4 is 51.7 Å². The lowest BCUT2D eigenvalue weighted by molar-refractivity contribution is 0.0784. The van der Waals surface area contributed by atoms with Crippen LogP contribution in [0.1, 0.15) is 21.5 Å². The lowest BCUT2D eigenvalue weighted by Gasteiger charge is -2.19. The summed E-state index contributed by atoms with van der Waals surface area (Å²) in [7, 11) is 1.78. The summed E-state index contributed by atoms with van der Waals surface area (Å²) in [5.41, 5.74) is 2.82. The minimum absolute atomic E-state index is 0.0907. The van der Waals surface area contributed by atoms with Gasteiger partial charge in [-0.2, -0.15) is 0 Å². The van der Waals surface area contributed by atoms with Crippen LogP contribution in [0.15, 0.2) is 36.4 Å². The van der Waals surface area contributed by atoms with Crippen LogP contribution in [0, 0.1) is 10.5 Å². The van der Waals surface area contributed by atoms with Crippen molar-refractivity contribution < 1.29 is 4.79 Å². The Kier molecular flexibility index (Phi) is 5.52. The van der Waals surface area contributed by atoms with Gasteiger partial charge in [-0.15, -0.1) is 0 Å². The fourth-order valence-electron chi connectivity index (χ4n) is 2.03. The van der Waals surface area contributed by atoms with E-state index in [9.17, 15) is 4.79 Å². The first-order chi connectivity index (χ1) is 9.90. The van der Waals surface area contributed by atoms with Crippen LogP contribution in [0.3, 0.4) is 0 Å². The Hall–Kier alpha value is -0.780. The highest BCUT2D eigenvalue weighted by Gasteiger charge is 2.18. The molecule has 2 nitrogen and oxygen atoms in total. The van der Waals surface area contributed by atoms with Gasteiger partial charge in [0.25, 0.3) is 5.91 Å². The third kappa shape index (κ3) is 3.90. The van der Waals surface area contributed by atoms with Crippen molar-refractivity contribution in [3.05, 3.63) is 66.7 Å². The van der Waals surface area contributed by atoms with E-state index in [-0.39, 0.29) is 5.91 Å². The third-order valence-electron chi connectivity index (χ3n) is 3.24. The Morgan fingerprint density at radius 1 is 1.24 bits per heavy atom. The number of benzene rings is 2. The van der Waals surface area contributed by atoms with Crippen LogP contribution in [-0.4, -0.2) is 17.9 Å². The van der Waals surface area contributed by atoms with Crippen LogP contribution in [0.25, 0.3) is 0 Å². The van der Waals surface area contributed by atoms with Crippen LogP contribution in [0.2, 0.25) is 10.0 Å². The first-order valence-corrected chi connectivity index (χ1v) is 8.18. The number of nitrogens with zero attached hydrogens (tertiary/aromatic N) is 1. The monoisotopic (exact) mass is 433 g/mol. The van der Waals surface area contributed by atoms with Gasteiger partial charge >= 0.3 is 0 Å². The molecule has 0 atom stereocenters. The topological polar surface area (TPSA) is 20.3 Å². The summed E-state index contributed by atoms with van der Waals surface area (Å²) in [6.07, 6.45) is 0. The molecule has 2 rings (SSSR count). The Balaban J connectivity index is 2.26. The molecule has 0 heterocycles. The maximum atomic E-state index is 12.6. The number of halogens is 3.